The molecule has 0 saturated carbocycles. The lowest BCUT2D eigenvalue weighted by molar-refractivity contribution is -0.127. The van der Waals surface area contributed by atoms with E-state index in [2.05, 4.69) is 26.1 Å². The highest BCUT2D eigenvalue weighted by molar-refractivity contribution is 8.01. The van der Waals surface area contributed by atoms with Crippen molar-refractivity contribution in [3.05, 3.63) is 29.8 Å². The molecule has 2 aromatic rings. The van der Waals surface area contributed by atoms with Gasteiger partial charge in [0.05, 0.1) is 5.75 Å². The SMILES string of the molecule is CCCNC(=O)[C@H](C)NC(=O)CSc1nnc(Nc2ccc(C)cc2)s1. The third-order valence-electron chi connectivity index (χ3n) is 3.36. The van der Waals surface area contributed by atoms with E-state index in [-0.39, 0.29) is 17.6 Å². The first kappa shape index (κ1) is 20.2. The Morgan fingerprint density at radius 1 is 1.23 bits per heavy atom. The molecule has 1 heterocycles. The molecule has 2 rings (SSSR count). The Bertz CT molecular complexity index is 733. The van der Waals surface area contributed by atoms with Crippen molar-refractivity contribution < 1.29 is 9.59 Å². The highest BCUT2D eigenvalue weighted by Gasteiger charge is 2.15. The fourth-order valence-corrected chi connectivity index (χ4v) is 3.54. The molecule has 0 unspecified atom stereocenters. The molecule has 0 aliphatic carbocycles. The zero-order valence-corrected chi connectivity index (χ0v) is 16.7. The number of benzene rings is 1. The van der Waals surface area contributed by atoms with Gasteiger partial charge in [0.25, 0.3) is 0 Å². The first-order valence-electron chi connectivity index (χ1n) is 8.35. The molecule has 1 aromatic carbocycles. The van der Waals surface area contributed by atoms with E-state index in [1.807, 2.05) is 38.1 Å². The van der Waals surface area contributed by atoms with Crippen molar-refractivity contribution in [2.24, 2.45) is 0 Å². The van der Waals surface area contributed by atoms with Crippen LogP contribution in [0.1, 0.15) is 25.8 Å². The number of carbonyl (C=O) groups is 2. The number of nitrogens with one attached hydrogen (secondary N) is 3. The molecular formula is C17H23N5O2S2. The van der Waals surface area contributed by atoms with Crippen LogP contribution in [0, 0.1) is 6.92 Å². The minimum atomic E-state index is -0.553. The maximum Gasteiger partial charge on any atom is 0.242 e. The summed E-state index contributed by atoms with van der Waals surface area (Å²) in [5.41, 5.74) is 2.13. The average molecular weight is 394 g/mol. The van der Waals surface area contributed by atoms with Gasteiger partial charge < -0.3 is 16.0 Å². The molecule has 3 N–H and O–H groups in total. The van der Waals surface area contributed by atoms with Crippen molar-refractivity contribution in [3.63, 3.8) is 0 Å². The number of thioether (sulfide) groups is 1. The van der Waals surface area contributed by atoms with Crippen LogP contribution >= 0.6 is 23.1 Å². The van der Waals surface area contributed by atoms with Gasteiger partial charge in [0.1, 0.15) is 6.04 Å². The maximum atomic E-state index is 12.0. The van der Waals surface area contributed by atoms with E-state index >= 15 is 0 Å². The number of hydrogen-bond donors (Lipinski definition) is 3. The zero-order valence-electron chi connectivity index (χ0n) is 15.0. The molecule has 9 heteroatoms. The number of hydrogen-bond acceptors (Lipinski definition) is 7. The molecule has 0 spiro atoms. The highest BCUT2D eigenvalue weighted by atomic mass is 32.2. The predicted octanol–water partition coefficient (Wildman–Crippen LogP) is 2.71. The quantitative estimate of drug-likeness (QED) is 0.567. The van der Waals surface area contributed by atoms with Crippen LogP contribution in [-0.2, 0) is 9.59 Å². The van der Waals surface area contributed by atoms with Gasteiger partial charge in [-0.15, -0.1) is 10.2 Å². The topological polar surface area (TPSA) is 96.0 Å². The van der Waals surface area contributed by atoms with Crippen LogP contribution in [0.2, 0.25) is 0 Å². The molecule has 0 saturated heterocycles. The summed E-state index contributed by atoms with van der Waals surface area (Å²) >= 11 is 2.68. The number of aryl methyl sites for hydroxylation is 1. The second-order valence-corrected chi connectivity index (χ2v) is 7.93. The standard InChI is InChI=1S/C17H23N5O2S2/c1-4-9-18-15(24)12(3)19-14(23)10-25-17-22-21-16(26-17)20-13-7-5-11(2)6-8-13/h5-8,12H,4,9-10H2,1-3H3,(H,18,24)(H,19,23)(H,20,21)/t12-/m0/s1. The van der Waals surface area contributed by atoms with Crippen molar-refractivity contribution in [3.8, 4) is 0 Å². The monoisotopic (exact) mass is 393 g/mol. The summed E-state index contributed by atoms with van der Waals surface area (Å²) in [6.07, 6.45) is 0.859. The van der Waals surface area contributed by atoms with Gasteiger partial charge in [-0.3, -0.25) is 9.59 Å². The molecule has 0 bridgehead atoms. The Hall–Kier alpha value is -2.13. The van der Waals surface area contributed by atoms with Gasteiger partial charge in [0.15, 0.2) is 4.34 Å². The van der Waals surface area contributed by atoms with E-state index in [1.165, 1.54) is 28.7 Å². The summed E-state index contributed by atoms with van der Waals surface area (Å²) in [4.78, 5) is 23.7. The molecule has 0 aliphatic rings. The summed E-state index contributed by atoms with van der Waals surface area (Å²) in [5, 5.41) is 17.4. The molecule has 0 radical (unpaired) electrons. The van der Waals surface area contributed by atoms with E-state index in [4.69, 9.17) is 0 Å². The van der Waals surface area contributed by atoms with Crippen molar-refractivity contribution in [2.75, 3.05) is 17.6 Å². The molecule has 7 nitrogen and oxygen atoms in total. The highest BCUT2D eigenvalue weighted by Crippen LogP contribution is 2.27. The van der Waals surface area contributed by atoms with Gasteiger partial charge in [0, 0.05) is 12.2 Å². The fourth-order valence-electron chi connectivity index (χ4n) is 1.96. The van der Waals surface area contributed by atoms with E-state index in [0.717, 1.165) is 12.1 Å². The number of aromatic nitrogens is 2. The normalized spacial score (nSPS) is 11.7. The second-order valence-electron chi connectivity index (χ2n) is 5.73. The fraction of sp³-hybridized carbons (Fsp3) is 0.412. The van der Waals surface area contributed by atoms with Gasteiger partial charge in [-0.05, 0) is 32.4 Å². The van der Waals surface area contributed by atoms with E-state index in [9.17, 15) is 9.59 Å². The molecule has 0 fully saturated rings. The summed E-state index contributed by atoms with van der Waals surface area (Å²) in [6.45, 7) is 6.28. The van der Waals surface area contributed by atoms with Crippen LogP contribution in [0.3, 0.4) is 0 Å². The number of amides is 2. The van der Waals surface area contributed by atoms with E-state index in [0.29, 0.717) is 16.0 Å². The first-order chi connectivity index (χ1) is 12.5. The van der Waals surface area contributed by atoms with E-state index in [1.54, 1.807) is 6.92 Å². The Labute approximate surface area is 161 Å². The van der Waals surface area contributed by atoms with Crippen LogP contribution in [0.4, 0.5) is 10.8 Å². The smallest absolute Gasteiger partial charge is 0.242 e. The maximum absolute atomic E-state index is 12.0. The third-order valence-corrected chi connectivity index (χ3v) is 5.33. The van der Waals surface area contributed by atoms with Gasteiger partial charge >= 0.3 is 0 Å². The predicted molar refractivity (Wildman–Crippen MR) is 106 cm³/mol. The lowest BCUT2D eigenvalue weighted by Gasteiger charge is -2.13. The Morgan fingerprint density at radius 3 is 2.65 bits per heavy atom. The Kier molecular flexibility index (Phi) is 7.86. The van der Waals surface area contributed by atoms with Crippen LogP contribution in [-0.4, -0.2) is 40.4 Å². The molecule has 0 aliphatic heterocycles. The number of rotatable bonds is 9. The minimum absolute atomic E-state index is 0.175. The molecule has 2 amide bonds. The molecular weight excluding hydrogens is 370 g/mol. The van der Waals surface area contributed by atoms with Crippen LogP contribution in [0.25, 0.3) is 0 Å². The molecule has 1 aromatic heterocycles. The average Bonchev–Trinajstić information content (AvgIpc) is 3.07. The van der Waals surface area contributed by atoms with E-state index < -0.39 is 6.04 Å². The minimum Gasteiger partial charge on any atom is -0.354 e. The summed E-state index contributed by atoms with van der Waals surface area (Å²) in [6, 6.07) is 7.43. The third kappa shape index (κ3) is 6.64. The van der Waals surface area contributed by atoms with Crippen molar-refractivity contribution in [2.45, 2.75) is 37.6 Å². The van der Waals surface area contributed by atoms with Crippen molar-refractivity contribution >= 4 is 45.7 Å². The van der Waals surface area contributed by atoms with Gasteiger partial charge in [0.2, 0.25) is 16.9 Å². The Morgan fingerprint density at radius 2 is 1.96 bits per heavy atom. The lowest BCUT2D eigenvalue weighted by Crippen LogP contribution is -2.45. The lowest BCUT2D eigenvalue weighted by atomic mass is 10.2. The summed E-state index contributed by atoms with van der Waals surface area (Å²) in [7, 11) is 0. The van der Waals surface area contributed by atoms with Crippen LogP contribution in [0.15, 0.2) is 28.6 Å². The summed E-state index contributed by atoms with van der Waals surface area (Å²) < 4.78 is 0.692. The molecule has 1 atom stereocenters. The second kappa shape index (κ2) is 10.1. The first-order valence-corrected chi connectivity index (χ1v) is 10.1. The van der Waals surface area contributed by atoms with Gasteiger partial charge in [-0.2, -0.15) is 0 Å². The number of carbonyl (C=O) groups excluding carboxylic acids is 2. The van der Waals surface area contributed by atoms with Crippen molar-refractivity contribution in [1.29, 1.82) is 0 Å². The summed E-state index contributed by atoms with van der Waals surface area (Å²) in [5.74, 6) is -0.201. The molecule has 140 valence electrons. The number of anilines is 2. The zero-order chi connectivity index (χ0) is 18.9. The number of nitrogens with zero attached hydrogens (tertiary/aromatic N) is 2. The largest absolute Gasteiger partial charge is 0.354 e. The molecule has 26 heavy (non-hydrogen) atoms. The Balaban J connectivity index is 1.77. The van der Waals surface area contributed by atoms with Gasteiger partial charge in [-0.1, -0.05) is 47.7 Å². The van der Waals surface area contributed by atoms with Gasteiger partial charge in [-0.25, -0.2) is 0 Å². The van der Waals surface area contributed by atoms with Crippen LogP contribution < -0.4 is 16.0 Å². The van der Waals surface area contributed by atoms with Crippen molar-refractivity contribution in [1.82, 2.24) is 20.8 Å². The van der Waals surface area contributed by atoms with Crippen LogP contribution in [0.5, 0.6) is 0 Å².